The number of rotatable bonds is 6. The van der Waals surface area contributed by atoms with E-state index in [0.717, 1.165) is 12.8 Å². The summed E-state index contributed by atoms with van der Waals surface area (Å²) in [5, 5.41) is 10.9. The first-order valence-corrected chi connectivity index (χ1v) is 7.23. The predicted octanol–water partition coefficient (Wildman–Crippen LogP) is 2.08. The molecule has 0 radical (unpaired) electrons. The van der Waals surface area contributed by atoms with Gasteiger partial charge in [0.1, 0.15) is 5.82 Å². The SMILES string of the molecule is CCC(N)(CC)CNC(=O)c1cnn(-c2ccc(F)cc2)n1.Cl. The Morgan fingerprint density at radius 2 is 1.91 bits per heavy atom. The summed E-state index contributed by atoms with van der Waals surface area (Å²) in [5.74, 6) is -0.669. The second-order valence-electron chi connectivity index (χ2n) is 5.25. The van der Waals surface area contributed by atoms with Crippen LogP contribution >= 0.6 is 12.4 Å². The van der Waals surface area contributed by atoms with Crippen molar-refractivity contribution in [2.75, 3.05) is 6.54 Å². The summed E-state index contributed by atoms with van der Waals surface area (Å²) in [4.78, 5) is 13.4. The summed E-state index contributed by atoms with van der Waals surface area (Å²) >= 11 is 0. The Bertz CT molecular complexity index is 640. The molecule has 0 unspecified atom stereocenters. The van der Waals surface area contributed by atoms with Crippen LogP contribution in [0.1, 0.15) is 37.2 Å². The third kappa shape index (κ3) is 4.74. The molecule has 0 atom stereocenters. The van der Waals surface area contributed by atoms with Gasteiger partial charge < -0.3 is 11.1 Å². The molecule has 1 aromatic heterocycles. The van der Waals surface area contributed by atoms with Crippen molar-refractivity contribution in [3.8, 4) is 5.69 Å². The molecule has 1 heterocycles. The minimum atomic E-state index is -0.414. The number of nitrogens with two attached hydrogens (primary N) is 1. The summed E-state index contributed by atoms with van der Waals surface area (Å²) in [6.45, 7) is 4.35. The molecule has 23 heavy (non-hydrogen) atoms. The Labute approximate surface area is 140 Å². The van der Waals surface area contributed by atoms with E-state index in [2.05, 4.69) is 15.5 Å². The molecular weight excluding hydrogens is 321 g/mol. The minimum Gasteiger partial charge on any atom is -0.349 e. The Morgan fingerprint density at radius 3 is 2.48 bits per heavy atom. The maximum Gasteiger partial charge on any atom is 0.273 e. The van der Waals surface area contributed by atoms with Crippen LogP contribution in [0.4, 0.5) is 4.39 Å². The molecule has 0 saturated carbocycles. The number of carbonyl (C=O) groups excluding carboxylic acids is 1. The molecule has 0 aliphatic rings. The van der Waals surface area contributed by atoms with Crippen LogP contribution in [0.25, 0.3) is 5.69 Å². The highest BCUT2D eigenvalue weighted by molar-refractivity contribution is 5.91. The van der Waals surface area contributed by atoms with Gasteiger partial charge in [-0.1, -0.05) is 13.8 Å². The zero-order chi connectivity index (χ0) is 16.2. The van der Waals surface area contributed by atoms with Crippen LogP contribution in [0.2, 0.25) is 0 Å². The van der Waals surface area contributed by atoms with Crippen LogP contribution < -0.4 is 11.1 Å². The topological polar surface area (TPSA) is 85.8 Å². The Kier molecular flexibility index (Phi) is 6.65. The van der Waals surface area contributed by atoms with Crippen LogP contribution in [0.5, 0.6) is 0 Å². The normalized spacial score (nSPS) is 11.0. The lowest BCUT2D eigenvalue weighted by Crippen LogP contribution is -2.49. The molecule has 6 nitrogen and oxygen atoms in total. The van der Waals surface area contributed by atoms with Gasteiger partial charge in [-0.15, -0.1) is 17.5 Å². The van der Waals surface area contributed by atoms with Crippen LogP contribution in [0.15, 0.2) is 30.5 Å². The molecule has 126 valence electrons. The summed E-state index contributed by atoms with van der Waals surface area (Å²) in [7, 11) is 0. The van der Waals surface area contributed by atoms with Gasteiger partial charge in [0.05, 0.1) is 11.9 Å². The number of carbonyl (C=O) groups is 1. The number of nitrogens with zero attached hydrogens (tertiary/aromatic N) is 3. The average Bonchev–Trinajstić information content (AvgIpc) is 3.03. The lowest BCUT2D eigenvalue weighted by molar-refractivity contribution is 0.0936. The molecule has 0 aliphatic carbocycles. The molecule has 8 heteroatoms. The second-order valence-corrected chi connectivity index (χ2v) is 5.25. The summed E-state index contributed by atoms with van der Waals surface area (Å²) < 4.78 is 12.9. The first-order chi connectivity index (χ1) is 10.5. The Hall–Kier alpha value is -1.99. The maximum atomic E-state index is 12.9. The summed E-state index contributed by atoms with van der Waals surface area (Å²) in [5.41, 5.74) is 6.50. The van der Waals surface area contributed by atoms with E-state index in [1.54, 1.807) is 0 Å². The van der Waals surface area contributed by atoms with Gasteiger partial charge in [0, 0.05) is 12.1 Å². The summed E-state index contributed by atoms with van der Waals surface area (Å²) in [6, 6.07) is 5.69. The fourth-order valence-electron chi connectivity index (χ4n) is 1.91. The van der Waals surface area contributed by atoms with Gasteiger partial charge >= 0.3 is 0 Å². The van der Waals surface area contributed by atoms with Crippen molar-refractivity contribution in [1.82, 2.24) is 20.3 Å². The van der Waals surface area contributed by atoms with Crippen LogP contribution in [-0.4, -0.2) is 33.0 Å². The fourth-order valence-corrected chi connectivity index (χ4v) is 1.91. The van der Waals surface area contributed by atoms with Crippen LogP contribution in [0, 0.1) is 5.82 Å². The zero-order valence-corrected chi connectivity index (χ0v) is 13.9. The predicted molar refractivity (Wildman–Crippen MR) is 88.4 cm³/mol. The van der Waals surface area contributed by atoms with Crippen molar-refractivity contribution < 1.29 is 9.18 Å². The Morgan fingerprint density at radius 1 is 1.30 bits per heavy atom. The molecule has 1 aromatic carbocycles. The van der Waals surface area contributed by atoms with E-state index in [1.807, 2.05) is 13.8 Å². The van der Waals surface area contributed by atoms with Gasteiger partial charge in [0.2, 0.25) is 0 Å². The van der Waals surface area contributed by atoms with E-state index >= 15 is 0 Å². The fraction of sp³-hybridized carbons (Fsp3) is 0.400. The number of hydrogen-bond donors (Lipinski definition) is 2. The summed E-state index contributed by atoms with van der Waals surface area (Å²) in [6.07, 6.45) is 2.91. The van der Waals surface area contributed by atoms with Crippen LogP contribution in [-0.2, 0) is 0 Å². The number of halogens is 2. The Balaban J connectivity index is 0.00000264. The van der Waals surface area contributed by atoms with Crippen molar-refractivity contribution in [3.63, 3.8) is 0 Å². The minimum absolute atomic E-state index is 0. The average molecular weight is 342 g/mol. The number of benzene rings is 1. The van der Waals surface area contributed by atoms with E-state index in [9.17, 15) is 9.18 Å². The molecule has 0 saturated heterocycles. The van der Waals surface area contributed by atoms with Gasteiger partial charge in [-0.3, -0.25) is 4.79 Å². The van der Waals surface area contributed by atoms with Crippen molar-refractivity contribution >= 4 is 18.3 Å². The van der Waals surface area contributed by atoms with E-state index in [1.165, 1.54) is 35.3 Å². The molecule has 1 amide bonds. The van der Waals surface area contributed by atoms with Gasteiger partial charge in [-0.05, 0) is 37.1 Å². The monoisotopic (exact) mass is 341 g/mol. The molecule has 0 aliphatic heterocycles. The lowest BCUT2D eigenvalue weighted by atomic mass is 9.94. The number of hydrogen-bond acceptors (Lipinski definition) is 4. The van der Waals surface area contributed by atoms with E-state index < -0.39 is 5.54 Å². The second kappa shape index (κ2) is 8.03. The lowest BCUT2D eigenvalue weighted by Gasteiger charge is -2.26. The van der Waals surface area contributed by atoms with Gasteiger partial charge in [0.15, 0.2) is 5.69 Å². The highest BCUT2D eigenvalue weighted by Crippen LogP contribution is 2.10. The molecular formula is C15H21ClFN5O. The van der Waals surface area contributed by atoms with Crippen molar-refractivity contribution in [2.24, 2.45) is 5.73 Å². The smallest absolute Gasteiger partial charge is 0.273 e. The third-order valence-corrected chi connectivity index (χ3v) is 3.79. The number of nitrogens with one attached hydrogen (secondary N) is 1. The molecule has 2 rings (SSSR count). The molecule has 0 spiro atoms. The molecule has 0 bridgehead atoms. The van der Waals surface area contributed by atoms with Gasteiger partial charge in [0.25, 0.3) is 5.91 Å². The highest BCUT2D eigenvalue weighted by atomic mass is 35.5. The number of aromatic nitrogens is 3. The quantitative estimate of drug-likeness (QED) is 0.842. The molecule has 0 fully saturated rings. The zero-order valence-electron chi connectivity index (χ0n) is 13.1. The van der Waals surface area contributed by atoms with E-state index in [4.69, 9.17) is 5.73 Å². The first-order valence-electron chi connectivity index (χ1n) is 7.23. The molecule has 3 N–H and O–H groups in total. The van der Waals surface area contributed by atoms with Gasteiger partial charge in [-0.25, -0.2) is 4.39 Å². The molecule has 2 aromatic rings. The number of amides is 1. The highest BCUT2D eigenvalue weighted by Gasteiger charge is 2.22. The van der Waals surface area contributed by atoms with Crippen LogP contribution in [0.3, 0.4) is 0 Å². The standard InChI is InChI=1S/C15H20FN5O.ClH/c1-3-15(17,4-2)10-18-14(22)13-9-19-21(20-13)12-7-5-11(16)6-8-12;/h5-9H,3-4,10,17H2,1-2H3,(H,18,22);1H. The van der Waals surface area contributed by atoms with E-state index in [0.29, 0.717) is 12.2 Å². The third-order valence-electron chi connectivity index (χ3n) is 3.79. The first kappa shape index (κ1) is 19.1. The largest absolute Gasteiger partial charge is 0.349 e. The maximum absolute atomic E-state index is 12.9. The van der Waals surface area contributed by atoms with Crippen molar-refractivity contribution in [1.29, 1.82) is 0 Å². The van der Waals surface area contributed by atoms with E-state index in [-0.39, 0.29) is 29.8 Å². The van der Waals surface area contributed by atoms with Crippen molar-refractivity contribution in [3.05, 3.63) is 42.0 Å². The van der Waals surface area contributed by atoms with Gasteiger partial charge in [-0.2, -0.15) is 9.90 Å². The van der Waals surface area contributed by atoms with Crippen molar-refractivity contribution in [2.45, 2.75) is 32.2 Å².